The summed E-state index contributed by atoms with van der Waals surface area (Å²) in [6.07, 6.45) is 3.66. The van der Waals surface area contributed by atoms with Crippen molar-refractivity contribution in [2.75, 3.05) is 17.7 Å². The normalized spacial score (nSPS) is 13.3. The second kappa shape index (κ2) is 8.64. The second-order valence-electron chi connectivity index (χ2n) is 7.96. The maximum atomic E-state index is 13.6. The molecule has 0 saturated carbocycles. The molecule has 2 aromatic heterocycles. The van der Waals surface area contributed by atoms with Crippen molar-refractivity contribution in [3.8, 4) is 5.69 Å². The number of rotatable bonds is 4. The third kappa shape index (κ3) is 3.81. The van der Waals surface area contributed by atoms with E-state index in [2.05, 4.69) is 4.98 Å². The van der Waals surface area contributed by atoms with E-state index in [0.29, 0.717) is 21.3 Å². The van der Waals surface area contributed by atoms with Crippen LogP contribution in [0, 0.1) is 6.92 Å². The van der Waals surface area contributed by atoms with Crippen molar-refractivity contribution < 1.29 is 4.79 Å². The first kappa shape index (κ1) is 21.7. The molecule has 5 rings (SSSR count). The number of aromatic nitrogens is 3. The molecule has 0 aliphatic carbocycles. The summed E-state index contributed by atoms with van der Waals surface area (Å²) in [4.78, 5) is 46.5. The van der Waals surface area contributed by atoms with Crippen LogP contribution in [0.25, 0.3) is 16.0 Å². The van der Waals surface area contributed by atoms with Gasteiger partial charge in [0.15, 0.2) is 9.99 Å². The van der Waals surface area contributed by atoms with Crippen molar-refractivity contribution in [1.82, 2.24) is 14.1 Å². The van der Waals surface area contributed by atoms with Gasteiger partial charge in [-0.05, 0) is 49.8 Å². The summed E-state index contributed by atoms with van der Waals surface area (Å²) in [7, 11) is 0. The lowest BCUT2D eigenvalue weighted by atomic mass is 10.0. The molecule has 0 unspecified atom stereocenters. The minimum Gasteiger partial charge on any atom is -0.311 e. The highest BCUT2D eigenvalue weighted by Crippen LogP contribution is 2.28. The van der Waals surface area contributed by atoms with Gasteiger partial charge in [-0.25, -0.2) is 14.3 Å². The second-order valence-corrected chi connectivity index (χ2v) is 10.0. The number of carbonyl (C=O) groups excluding carboxylic acids is 1. The minimum atomic E-state index is -0.562. The summed E-state index contributed by atoms with van der Waals surface area (Å²) in [5.41, 5.74) is 2.79. The van der Waals surface area contributed by atoms with Crippen LogP contribution in [0.3, 0.4) is 0 Å². The molecule has 1 aliphatic rings. The molecule has 1 aliphatic heterocycles. The third-order valence-electron chi connectivity index (χ3n) is 5.84. The van der Waals surface area contributed by atoms with Crippen LogP contribution in [0.4, 0.5) is 5.69 Å². The van der Waals surface area contributed by atoms with Gasteiger partial charge in [-0.1, -0.05) is 47.7 Å². The zero-order valence-corrected chi connectivity index (χ0v) is 19.9. The highest BCUT2D eigenvalue weighted by Gasteiger charge is 2.25. The summed E-state index contributed by atoms with van der Waals surface area (Å²) in [5, 5.41) is 0. The molecule has 2 aromatic carbocycles. The van der Waals surface area contributed by atoms with E-state index >= 15 is 0 Å². The Labute approximate surface area is 198 Å². The molecule has 3 heterocycles. The summed E-state index contributed by atoms with van der Waals surface area (Å²) in [6.45, 7) is 2.35. The number of carbonyl (C=O) groups is 1. The Morgan fingerprint density at radius 1 is 1.12 bits per heavy atom. The van der Waals surface area contributed by atoms with E-state index in [9.17, 15) is 14.4 Å². The number of amides is 1. The van der Waals surface area contributed by atoms with Gasteiger partial charge in [-0.15, -0.1) is 11.3 Å². The smallest absolute Gasteiger partial charge is 0.311 e. The maximum absolute atomic E-state index is 13.6. The molecule has 0 spiro atoms. The average molecular weight is 479 g/mol. The predicted octanol–water partition coefficient (Wildman–Crippen LogP) is 3.62. The Hall–Kier alpha value is -3.17. The third-order valence-corrected chi connectivity index (χ3v) is 7.85. The summed E-state index contributed by atoms with van der Waals surface area (Å²) >= 11 is 2.65. The van der Waals surface area contributed by atoms with Crippen LogP contribution >= 0.6 is 23.1 Å². The first-order valence-corrected chi connectivity index (χ1v) is 12.7. The van der Waals surface area contributed by atoms with E-state index in [1.165, 1.54) is 27.7 Å². The van der Waals surface area contributed by atoms with Crippen LogP contribution in [-0.4, -0.2) is 32.8 Å². The number of aryl methyl sites for hydroxylation is 2. The number of anilines is 1. The van der Waals surface area contributed by atoms with E-state index < -0.39 is 11.2 Å². The first-order valence-electron chi connectivity index (χ1n) is 10.6. The molecular formula is C24H22N4O3S2. The van der Waals surface area contributed by atoms with Crippen LogP contribution in [0.2, 0.25) is 0 Å². The van der Waals surface area contributed by atoms with E-state index in [4.69, 9.17) is 0 Å². The molecule has 7 nitrogen and oxygen atoms in total. The zero-order chi connectivity index (χ0) is 23.1. The van der Waals surface area contributed by atoms with E-state index in [-0.39, 0.29) is 18.1 Å². The number of hydrogen-bond acceptors (Lipinski definition) is 6. The number of hydrogen-bond donors (Lipinski definition) is 0. The van der Waals surface area contributed by atoms with Gasteiger partial charge in [0.25, 0.3) is 5.56 Å². The quantitative estimate of drug-likeness (QED) is 0.419. The fourth-order valence-corrected chi connectivity index (χ4v) is 5.67. The van der Waals surface area contributed by atoms with Crippen LogP contribution in [0.1, 0.15) is 17.5 Å². The van der Waals surface area contributed by atoms with Crippen LogP contribution in [-0.2, 0) is 17.8 Å². The van der Waals surface area contributed by atoms with Gasteiger partial charge in [0.05, 0.1) is 5.69 Å². The molecule has 0 saturated heterocycles. The Balaban J connectivity index is 1.66. The molecule has 33 heavy (non-hydrogen) atoms. The fourth-order valence-electron chi connectivity index (χ4n) is 4.18. The van der Waals surface area contributed by atoms with E-state index in [0.717, 1.165) is 34.2 Å². The molecule has 168 valence electrons. The minimum absolute atomic E-state index is 0.187. The van der Waals surface area contributed by atoms with Gasteiger partial charge >= 0.3 is 5.69 Å². The molecule has 1 amide bonds. The number of benzene rings is 2. The number of para-hydroxylation sites is 1. The van der Waals surface area contributed by atoms with Gasteiger partial charge in [0, 0.05) is 12.2 Å². The fraction of sp³-hybridized carbons (Fsp3) is 0.250. The van der Waals surface area contributed by atoms with E-state index in [1.54, 1.807) is 17.0 Å². The Morgan fingerprint density at radius 3 is 2.64 bits per heavy atom. The van der Waals surface area contributed by atoms with Gasteiger partial charge in [-0.2, -0.15) is 0 Å². The van der Waals surface area contributed by atoms with Gasteiger partial charge in [0.1, 0.15) is 11.2 Å². The first-order chi connectivity index (χ1) is 16.0. The summed E-state index contributed by atoms with van der Waals surface area (Å²) in [5.74, 6) is -0.196. The monoisotopic (exact) mass is 478 g/mol. The van der Waals surface area contributed by atoms with Crippen molar-refractivity contribution >= 4 is 45.0 Å². The average Bonchev–Trinajstić information content (AvgIpc) is 3.27. The zero-order valence-electron chi connectivity index (χ0n) is 18.3. The molecule has 0 bridgehead atoms. The van der Waals surface area contributed by atoms with Gasteiger partial charge < -0.3 is 4.90 Å². The predicted molar refractivity (Wildman–Crippen MR) is 133 cm³/mol. The van der Waals surface area contributed by atoms with Crippen molar-refractivity contribution in [1.29, 1.82) is 0 Å². The van der Waals surface area contributed by atoms with Crippen LogP contribution in [0.5, 0.6) is 0 Å². The lowest BCUT2D eigenvalue weighted by Crippen LogP contribution is -2.44. The topological polar surface area (TPSA) is 77.2 Å². The molecule has 9 heteroatoms. The van der Waals surface area contributed by atoms with Crippen molar-refractivity contribution in [2.24, 2.45) is 0 Å². The summed E-state index contributed by atoms with van der Waals surface area (Å²) in [6, 6.07) is 15.0. The lowest BCUT2D eigenvalue weighted by Gasteiger charge is -2.29. The number of fused-ring (bicyclic) bond motifs is 2. The van der Waals surface area contributed by atoms with Crippen molar-refractivity contribution in [3.05, 3.63) is 80.5 Å². The van der Waals surface area contributed by atoms with Crippen molar-refractivity contribution in [2.45, 2.75) is 30.6 Å². The standard InChI is InChI=1S/C24H22N4O3S2/c1-15-9-11-17(12-10-15)28-22(30)20-21(25-23(32-2)33-20)27(24(28)31)14-19(29)26-13-5-7-16-6-3-4-8-18(16)26/h3-4,6,8-12H,5,7,13-14H2,1-2H3. The van der Waals surface area contributed by atoms with Crippen LogP contribution < -0.4 is 16.1 Å². The van der Waals surface area contributed by atoms with Crippen molar-refractivity contribution in [3.63, 3.8) is 0 Å². The van der Waals surface area contributed by atoms with Gasteiger partial charge in [0.2, 0.25) is 5.91 Å². The Kier molecular flexibility index (Phi) is 5.67. The Morgan fingerprint density at radius 2 is 1.88 bits per heavy atom. The largest absolute Gasteiger partial charge is 0.337 e. The number of thiazole rings is 1. The molecule has 0 N–H and O–H groups in total. The lowest BCUT2D eigenvalue weighted by molar-refractivity contribution is -0.119. The highest BCUT2D eigenvalue weighted by molar-refractivity contribution is 8.00. The molecule has 4 aromatic rings. The number of nitrogens with zero attached hydrogens (tertiary/aromatic N) is 4. The van der Waals surface area contributed by atoms with E-state index in [1.807, 2.05) is 49.6 Å². The molecular weight excluding hydrogens is 456 g/mol. The molecule has 0 radical (unpaired) electrons. The van der Waals surface area contributed by atoms with Gasteiger partial charge in [-0.3, -0.25) is 14.2 Å². The molecule has 0 atom stereocenters. The maximum Gasteiger partial charge on any atom is 0.337 e. The highest BCUT2D eigenvalue weighted by atomic mass is 32.2. The Bertz CT molecular complexity index is 1480. The SMILES string of the molecule is CSc1nc2c(s1)c(=O)n(-c1ccc(C)cc1)c(=O)n2CC(=O)N1CCCc2ccccc21. The number of thioether (sulfide) groups is 1. The molecule has 0 fully saturated rings. The van der Waals surface area contributed by atoms with Crippen LogP contribution in [0.15, 0.2) is 62.5 Å². The summed E-state index contributed by atoms with van der Waals surface area (Å²) < 4.78 is 3.52.